The SMILES string of the molecule is CCOc1cc(N)ccc1N1CCCCC1. The number of nitrogens with two attached hydrogens (primary N) is 1. The molecule has 0 saturated carbocycles. The van der Waals surface area contributed by atoms with Gasteiger partial charge in [0.1, 0.15) is 5.75 Å². The topological polar surface area (TPSA) is 38.5 Å². The molecule has 3 nitrogen and oxygen atoms in total. The first-order valence-electron chi connectivity index (χ1n) is 6.08. The number of nitrogen functional groups attached to an aromatic ring is 1. The van der Waals surface area contributed by atoms with Crippen molar-refractivity contribution >= 4 is 11.4 Å². The molecule has 1 aliphatic rings. The van der Waals surface area contributed by atoms with E-state index >= 15 is 0 Å². The molecule has 88 valence electrons. The summed E-state index contributed by atoms with van der Waals surface area (Å²) in [6.07, 6.45) is 3.89. The molecule has 3 heteroatoms. The van der Waals surface area contributed by atoms with Crippen LogP contribution >= 0.6 is 0 Å². The summed E-state index contributed by atoms with van der Waals surface area (Å²) >= 11 is 0. The highest BCUT2D eigenvalue weighted by Gasteiger charge is 2.15. The monoisotopic (exact) mass is 220 g/mol. The molecular formula is C13H20N2O. The molecule has 0 radical (unpaired) electrons. The Morgan fingerprint density at radius 3 is 2.69 bits per heavy atom. The summed E-state index contributed by atoms with van der Waals surface area (Å²) in [6, 6.07) is 5.95. The van der Waals surface area contributed by atoms with E-state index in [-0.39, 0.29) is 0 Å². The predicted octanol–water partition coefficient (Wildman–Crippen LogP) is 2.66. The van der Waals surface area contributed by atoms with Crippen LogP contribution in [-0.4, -0.2) is 19.7 Å². The van der Waals surface area contributed by atoms with Crippen LogP contribution in [0.2, 0.25) is 0 Å². The average molecular weight is 220 g/mol. The normalized spacial score (nSPS) is 16.2. The molecule has 1 fully saturated rings. The fourth-order valence-electron chi connectivity index (χ4n) is 2.20. The number of piperidine rings is 1. The van der Waals surface area contributed by atoms with E-state index in [2.05, 4.69) is 11.0 Å². The lowest BCUT2D eigenvalue weighted by atomic mass is 10.1. The van der Waals surface area contributed by atoms with Crippen molar-refractivity contribution in [1.82, 2.24) is 0 Å². The van der Waals surface area contributed by atoms with Gasteiger partial charge in [0.15, 0.2) is 0 Å². The molecule has 1 heterocycles. The van der Waals surface area contributed by atoms with Crippen LogP contribution in [-0.2, 0) is 0 Å². The first-order chi connectivity index (χ1) is 7.81. The smallest absolute Gasteiger partial charge is 0.144 e. The molecular weight excluding hydrogens is 200 g/mol. The lowest BCUT2D eigenvalue weighted by Gasteiger charge is -2.30. The summed E-state index contributed by atoms with van der Waals surface area (Å²) < 4.78 is 5.65. The highest BCUT2D eigenvalue weighted by Crippen LogP contribution is 2.32. The van der Waals surface area contributed by atoms with Crippen molar-refractivity contribution in [1.29, 1.82) is 0 Å². The first-order valence-corrected chi connectivity index (χ1v) is 6.08. The summed E-state index contributed by atoms with van der Waals surface area (Å²) in [5.41, 5.74) is 7.75. The van der Waals surface area contributed by atoms with Crippen molar-refractivity contribution in [3.8, 4) is 5.75 Å². The van der Waals surface area contributed by atoms with Gasteiger partial charge in [-0.25, -0.2) is 0 Å². The van der Waals surface area contributed by atoms with Crippen LogP contribution in [0, 0.1) is 0 Å². The maximum atomic E-state index is 5.79. The number of benzene rings is 1. The van der Waals surface area contributed by atoms with Gasteiger partial charge in [0.2, 0.25) is 0 Å². The Labute approximate surface area is 97.2 Å². The van der Waals surface area contributed by atoms with Crippen molar-refractivity contribution in [2.75, 3.05) is 30.3 Å². The van der Waals surface area contributed by atoms with Crippen LogP contribution in [0.15, 0.2) is 18.2 Å². The average Bonchev–Trinajstić information content (AvgIpc) is 2.31. The Hall–Kier alpha value is -1.38. The highest BCUT2D eigenvalue weighted by atomic mass is 16.5. The van der Waals surface area contributed by atoms with Gasteiger partial charge in [-0.1, -0.05) is 0 Å². The molecule has 0 amide bonds. The van der Waals surface area contributed by atoms with Gasteiger partial charge in [-0.3, -0.25) is 0 Å². The molecule has 1 aromatic carbocycles. The molecule has 0 bridgehead atoms. The summed E-state index contributed by atoms with van der Waals surface area (Å²) in [7, 11) is 0. The molecule has 0 spiro atoms. The van der Waals surface area contributed by atoms with Crippen LogP contribution in [0.4, 0.5) is 11.4 Å². The number of nitrogens with zero attached hydrogens (tertiary/aromatic N) is 1. The van der Waals surface area contributed by atoms with E-state index in [4.69, 9.17) is 10.5 Å². The molecule has 2 N–H and O–H groups in total. The molecule has 1 aromatic rings. The highest BCUT2D eigenvalue weighted by molar-refractivity contribution is 5.64. The lowest BCUT2D eigenvalue weighted by Crippen LogP contribution is -2.29. The zero-order chi connectivity index (χ0) is 11.4. The van der Waals surface area contributed by atoms with Gasteiger partial charge in [0, 0.05) is 24.8 Å². The lowest BCUT2D eigenvalue weighted by molar-refractivity contribution is 0.340. The van der Waals surface area contributed by atoms with Crippen molar-refractivity contribution in [3.05, 3.63) is 18.2 Å². The Bertz CT molecular complexity index is 346. The summed E-state index contributed by atoms with van der Waals surface area (Å²) in [5, 5.41) is 0. The van der Waals surface area contributed by atoms with Crippen molar-refractivity contribution in [2.24, 2.45) is 0 Å². The molecule has 2 rings (SSSR count). The quantitative estimate of drug-likeness (QED) is 0.796. The summed E-state index contributed by atoms with van der Waals surface area (Å²) in [5.74, 6) is 0.921. The molecule has 1 saturated heterocycles. The molecule has 0 atom stereocenters. The van der Waals surface area contributed by atoms with Crippen LogP contribution in [0.25, 0.3) is 0 Å². The molecule has 0 unspecified atom stereocenters. The number of hydrogen-bond donors (Lipinski definition) is 1. The number of ether oxygens (including phenoxy) is 1. The van der Waals surface area contributed by atoms with E-state index in [1.165, 1.54) is 24.9 Å². The van der Waals surface area contributed by atoms with E-state index < -0.39 is 0 Å². The van der Waals surface area contributed by atoms with Gasteiger partial charge in [0.05, 0.1) is 12.3 Å². The second kappa shape index (κ2) is 5.10. The number of hydrogen-bond acceptors (Lipinski definition) is 3. The van der Waals surface area contributed by atoms with Gasteiger partial charge < -0.3 is 15.4 Å². The van der Waals surface area contributed by atoms with Gasteiger partial charge in [-0.2, -0.15) is 0 Å². The zero-order valence-corrected chi connectivity index (χ0v) is 9.91. The van der Waals surface area contributed by atoms with Crippen molar-refractivity contribution < 1.29 is 4.74 Å². The Balaban J connectivity index is 2.23. The summed E-state index contributed by atoms with van der Waals surface area (Å²) in [4.78, 5) is 2.40. The van der Waals surface area contributed by atoms with Gasteiger partial charge in [-0.05, 0) is 38.3 Å². The Morgan fingerprint density at radius 1 is 1.25 bits per heavy atom. The van der Waals surface area contributed by atoms with Gasteiger partial charge in [0.25, 0.3) is 0 Å². The predicted molar refractivity (Wildman–Crippen MR) is 68.1 cm³/mol. The first kappa shape index (κ1) is 11.1. The minimum atomic E-state index is 0.685. The minimum Gasteiger partial charge on any atom is -0.492 e. The third kappa shape index (κ3) is 2.40. The molecule has 0 aromatic heterocycles. The van der Waals surface area contributed by atoms with Gasteiger partial charge >= 0.3 is 0 Å². The number of rotatable bonds is 3. The standard InChI is InChI=1S/C13H20N2O/c1-2-16-13-10-11(14)6-7-12(13)15-8-4-3-5-9-15/h6-7,10H,2-5,8-9,14H2,1H3. The largest absolute Gasteiger partial charge is 0.492 e. The molecule has 16 heavy (non-hydrogen) atoms. The maximum absolute atomic E-state index is 5.79. The van der Waals surface area contributed by atoms with Crippen LogP contribution in [0.3, 0.4) is 0 Å². The third-order valence-electron chi connectivity index (χ3n) is 2.98. The summed E-state index contributed by atoms with van der Waals surface area (Å²) in [6.45, 7) is 4.95. The molecule has 1 aliphatic heterocycles. The Kier molecular flexibility index (Phi) is 3.54. The maximum Gasteiger partial charge on any atom is 0.144 e. The third-order valence-corrected chi connectivity index (χ3v) is 2.98. The Morgan fingerprint density at radius 2 is 2.00 bits per heavy atom. The van der Waals surface area contributed by atoms with Crippen molar-refractivity contribution in [3.63, 3.8) is 0 Å². The van der Waals surface area contributed by atoms with E-state index in [1.54, 1.807) is 0 Å². The van der Waals surface area contributed by atoms with Crippen LogP contribution < -0.4 is 15.4 Å². The minimum absolute atomic E-state index is 0.685. The van der Waals surface area contributed by atoms with Gasteiger partial charge in [-0.15, -0.1) is 0 Å². The van der Waals surface area contributed by atoms with E-state index in [0.29, 0.717) is 6.61 Å². The fraction of sp³-hybridized carbons (Fsp3) is 0.538. The van der Waals surface area contributed by atoms with Crippen LogP contribution in [0.5, 0.6) is 5.75 Å². The van der Waals surface area contributed by atoms with E-state index in [9.17, 15) is 0 Å². The fourth-order valence-corrected chi connectivity index (χ4v) is 2.20. The zero-order valence-electron chi connectivity index (χ0n) is 9.91. The number of anilines is 2. The molecule has 0 aliphatic carbocycles. The van der Waals surface area contributed by atoms with Crippen LogP contribution in [0.1, 0.15) is 26.2 Å². The van der Waals surface area contributed by atoms with E-state index in [0.717, 1.165) is 24.5 Å². The second-order valence-electron chi connectivity index (χ2n) is 4.21. The second-order valence-corrected chi connectivity index (χ2v) is 4.21. The van der Waals surface area contributed by atoms with E-state index in [1.807, 2.05) is 19.1 Å². The van der Waals surface area contributed by atoms with Crippen molar-refractivity contribution in [2.45, 2.75) is 26.2 Å².